The predicted molar refractivity (Wildman–Crippen MR) is 131 cm³/mol. The number of rotatable bonds is 14. The van der Waals surface area contributed by atoms with Gasteiger partial charge in [-0.3, -0.25) is 19.2 Å². The molecule has 2 rings (SSSR count). The standard InChI is InChI=1S/C24H33N5O7/c1-13(2)9-19(24(35)36)29-23(34)18(10-14-11-26-17-6-4-3-5-15(14)17)28-20(30)12-27-22(33)16(25)7-8-21(31)32/h3-6,11,13,16,18-19,26H,7-10,12,25H2,1-2H3,(H,27,33)(H,28,30)(H,29,34)(H,31,32)(H,35,36). The highest BCUT2D eigenvalue weighted by atomic mass is 16.4. The number of nitrogens with two attached hydrogens (primary N) is 1. The third kappa shape index (κ3) is 8.69. The fourth-order valence-corrected chi connectivity index (χ4v) is 3.65. The molecule has 0 aliphatic rings. The number of H-pyrrole nitrogens is 1. The molecule has 36 heavy (non-hydrogen) atoms. The van der Waals surface area contributed by atoms with Gasteiger partial charge in [-0.2, -0.15) is 0 Å². The largest absolute Gasteiger partial charge is 0.481 e. The highest BCUT2D eigenvalue weighted by Gasteiger charge is 2.28. The minimum absolute atomic E-state index is 0.00797. The molecule has 196 valence electrons. The van der Waals surface area contributed by atoms with E-state index in [2.05, 4.69) is 20.9 Å². The Morgan fingerprint density at radius 3 is 2.33 bits per heavy atom. The average Bonchev–Trinajstić information content (AvgIpc) is 3.22. The highest BCUT2D eigenvalue weighted by Crippen LogP contribution is 2.19. The van der Waals surface area contributed by atoms with Crippen LogP contribution < -0.4 is 21.7 Å². The number of carbonyl (C=O) groups is 5. The number of benzene rings is 1. The van der Waals surface area contributed by atoms with E-state index >= 15 is 0 Å². The quantitative estimate of drug-likeness (QED) is 0.188. The second kappa shape index (κ2) is 13.2. The molecular formula is C24H33N5O7. The summed E-state index contributed by atoms with van der Waals surface area (Å²) < 4.78 is 0. The molecule has 1 heterocycles. The van der Waals surface area contributed by atoms with Crippen LogP contribution in [0.4, 0.5) is 0 Å². The third-order valence-electron chi connectivity index (χ3n) is 5.50. The van der Waals surface area contributed by atoms with Crippen LogP contribution in [0.2, 0.25) is 0 Å². The van der Waals surface area contributed by atoms with Gasteiger partial charge in [-0.05, 0) is 30.4 Å². The van der Waals surface area contributed by atoms with E-state index in [1.807, 2.05) is 38.1 Å². The number of amides is 3. The molecule has 2 aromatic rings. The zero-order chi connectivity index (χ0) is 26.8. The normalized spacial score (nSPS) is 13.6. The average molecular weight is 504 g/mol. The van der Waals surface area contributed by atoms with Crippen molar-refractivity contribution < 1.29 is 34.2 Å². The van der Waals surface area contributed by atoms with Crippen molar-refractivity contribution in [1.29, 1.82) is 0 Å². The van der Waals surface area contributed by atoms with E-state index in [1.54, 1.807) is 6.20 Å². The van der Waals surface area contributed by atoms with Gasteiger partial charge in [0.1, 0.15) is 12.1 Å². The SMILES string of the molecule is CC(C)CC(NC(=O)C(Cc1c[nH]c2ccccc12)NC(=O)CNC(=O)C(N)CCC(=O)O)C(=O)O. The molecule has 8 N–H and O–H groups in total. The van der Waals surface area contributed by atoms with Gasteiger partial charge in [0.2, 0.25) is 17.7 Å². The van der Waals surface area contributed by atoms with Crippen LogP contribution in [0.1, 0.15) is 38.7 Å². The zero-order valence-corrected chi connectivity index (χ0v) is 20.2. The lowest BCUT2D eigenvalue weighted by atomic mass is 10.0. The summed E-state index contributed by atoms with van der Waals surface area (Å²) in [6, 6.07) is 4.04. The summed E-state index contributed by atoms with van der Waals surface area (Å²) in [4.78, 5) is 63.1. The Morgan fingerprint density at radius 2 is 1.69 bits per heavy atom. The maximum Gasteiger partial charge on any atom is 0.326 e. The van der Waals surface area contributed by atoms with Gasteiger partial charge in [-0.25, -0.2) is 4.79 Å². The summed E-state index contributed by atoms with van der Waals surface area (Å²) in [5, 5.41) is 26.4. The predicted octanol–water partition coefficient (Wildman–Crippen LogP) is 0.119. The molecule has 12 heteroatoms. The second-order valence-electron chi connectivity index (χ2n) is 8.97. The second-order valence-corrected chi connectivity index (χ2v) is 8.97. The number of aliphatic carboxylic acids is 2. The zero-order valence-electron chi connectivity index (χ0n) is 20.2. The van der Waals surface area contributed by atoms with Gasteiger partial charge < -0.3 is 36.9 Å². The molecule has 0 spiro atoms. The monoisotopic (exact) mass is 503 g/mol. The molecule has 1 aromatic heterocycles. The van der Waals surface area contributed by atoms with E-state index in [0.717, 1.165) is 16.5 Å². The van der Waals surface area contributed by atoms with E-state index in [-0.39, 0.29) is 31.6 Å². The van der Waals surface area contributed by atoms with Gasteiger partial charge >= 0.3 is 11.9 Å². The van der Waals surface area contributed by atoms with Crippen molar-refractivity contribution in [1.82, 2.24) is 20.9 Å². The summed E-state index contributed by atoms with van der Waals surface area (Å²) in [7, 11) is 0. The number of carbonyl (C=O) groups excluding carboxylic acids is 3. The van der Waals surface area contributed by atoms with Crippen LogP contribution in [0.15, 0.2) is 30.5 Å². The van der Waals surface area contributed by atoms with Crippen molar-refractivity contribution in [2.75, 3.05) is 6.54 Å². The Bertz CT molecular complexity index is 1100. The fourth-order valence-electron chi connectivity index (χ4n) is 3.65. The number of carboxylic acid groups (broad SMARTS) is 2. The highest BCUT2D eigenvalue weighted by molar-refractivity contribution is 5.93. The topological polar surface area (TPSA) is 204 Å². The van der Waals surface area contributed by atoms with Crippen molar-refractivity contribution >= 4 is 40.6 Å². The Labute approximate surface area is 208 Å². The van der Waals surface area contributed by atoms with Gasteiger partial charge in [0.25, 0.3) is 0 Å². The lowest BCUT2D eigenvalue weighted by Crippen LogP contribution is -2.54. The number of hydrogen-bond donors (Lipinski definition) is 7. The summed E-state index contributed by atoms with van der Waals surface area (Å²) in [5.74, 6) is -4.34. The van der Waals surface area contributed by atoms with Gasteiger partial charge in [0.05, 0.1) is 12.6 Å². The maximum absolute atomic E-state index is 13.1. The molecule has 0 aliphatic heterocycles. The van der Waals surface area contributed by atoms with Crippen LogP contribution in [0, 0.1) is 5.92 Å². The van der Waals surface area contributed by atoms with Gasteiger partial charge in [0.15, 0.2) is 0 Å². The Balaban J connectivity index is 2.12. The number of aromatic amines is 1. The summed E-state index contributed by atoms with van der Waals surface area (Å²) in [6.07, 6.45) is 1.60. The summed E-state index contributed by atoms with van der Waals surface area (Å²) in [5.41, 5.74) is 7.21. The molecule has 0 saturated heterocycles. The van der Waals surface area contributed by atoms with Crippen LogP contribution in [-0.2, 0) is 30.4 Å². The van der Waals surface area contributed by atoms with Gasteiger partial charge in [0, 0.05) is 29.9 Å². The van der Waals surface area contributed by atoms with Crippen molar-refractivity contribution in [3.63, 3.8) is 0 Å². The molecule has 3 unspecified atom stereocenters. The van der Waals surface area contributed by atoms with Crippen molar-refractivity contribution in [2.24, 2.45) is 11.7 Å². The minimum Gasteiger partial charge on any atom is -0.481 e. The smallest absolute Gasteiger partial charge is 0.326 e. The first-order valence-corrected chi connectivity index (χ1v) is 11.6. The molecule has 0 aliphatic carbocycles. The summed E-state index contributed by atoms with van der Waals surface area (Å²) in [6.45, 7) is 3.17. The van der Waals surface area contributed by atoms with E-state index in [9.17, 15) is 29.1 Å². The van der Waals surface area contributed by atoms with Crippen LogP contribution in [0.5, 0.6) is 0 Å². The maximum atomic E-state index is 13.1. The first kappa shape index (κ1) is 28.3. The first-order valence-electron chi connectivity index (χ1n) is 11.6. The van der Waals surface area contributed by atoms with Crippen LogP contribution in [-0.4, -0.2) is 69.5 Å². The number of para-hydroxylation sites is 1. The molecule has 0 bridgehead atoms. The van der Waals surface area contributed by atoms with Gasteiger partial charge in [-0.1, -0.05) is 32.0 Å². The lowest BCUT2D eigenvalue weighted by molar-refractivity contribution is -0.142. The first-order chi connectivity index (χ1) is 17.0. The number of nitrogens with one attached hydrogen (secondary N) is 4. The van der Waals surface area contributed by atoms with Crippen molar-refractivity contribution in [2.45, 2.75) is 57.7 Å². The minimum atomic E-state index is -1.18. The number of hydrogen-bond acceptors (Lipinski definition) is 6. The van der Waals surface area contributed by atoms with Crippen LogP contribution >= 0.6 is 0 Å². The number of carboxylic acids is 2. The molecule has 3 atom stereocenters. The molecule has 0 saturated carbocycles. The van der Waals surface area contributed by atoms with Crippen LogP contribution in [0.3, 0.4) is 0 Å². The number of fused-ring (bicyclic) bond motifs is 1. The number of aromatic nitrogens is 1. The molecular weight excluding hydrogens is 470 g/mol. The van der Waals surface area contributed by atoms with E-state index in [4.69, 9.17) is 10.8 Å². The Kier molecular flexibility index (Phi) is 10.4. The van der Waals surface area contributed by atoms with Crippen molar-refractivity contribution in [3.05, 3.63) is 36.0 Å². The Morgan fingerprint density at radius 1 is 1.00 bits per heavy atom. The molecule has 12 nitrogen and oxygen atoms in total. The van der Waals surface area contributed by atoms with Gasteiger partial charge in [-0.15, -0.1) is 0 Å². The molecule has 3 amide bonds. The summed E-state index contributed by atoms with van der Waals surface area (Å²) >= 11 is 0. The van der Waals surface area contributed by atoms with Crippen LogP contribution in [0.25, 0.3) is 10.9 Å². The van der Waals surface area contributed by atoms with E-state index in [1.165, 1.54) is 0 Å². The molecule has 0 fully saturated rings. The Hall–Kier alpha value is -3.93. The fraction of sp³-hybridized carbons (Fsp3) is 0.458. The van der Waals surface area contributed by atoms with E-state index in [0.29, 0.717) is 0 Å². The lowest BCUT2D eigenvalue weighted by Gasteiger charge is -2.22. The molecule has 0 radical (unpaired) electrons. The van der Waals surface area contributed by atoms with E-state index < -0.39 is 54.3 Å². The van der Waals surface area contributed by atoms with Crippen molar-refractivity contribution in [3.8, 4) is 0 Å². The third-order valence-corrected chi connectivity index (χ3v) is 5.50. The molecule has 1 aromatic carbocycles.